The fourth-order valence-electron chi connectivity index (χ4n) is 4.20. The van der Waals surface area contributed by atoms with Crippen LogP contribution in [0.25, 0.3) is 11.5 Å². The number of rotatable bonds is 13. The number of amides is 1. The van der Waals surface area contributed by atoms with Gasteiger partial charge in [0.15, 0.2) is 0 Å². The molecule has 0 aliphatic carbocycles. The van der Waals surface area contributed by atoms with Crippen LogP contribution in [-0.4, -0.2) is 34.9 Å². The molecule has 0 spiro atoms. The van der Waals surface area contributed by atoms with E-state index in [0.717, 1.165) is 39.5 Å². The maximum absolute atomic E-state index is 12.0. The fraction of sp³-hybridized carbons (Fsp3) is 0.281. The van der Waals surface area contributed by atoms with E-state index in [-0.39, 0.29) is 19.1 Å². The predicted molar refractivity (Wildman–Crippen MR) is 156 cm³/mol. The van der Waals surface area contributed by atoms with E-state index in [1.54, 1.807) is 19.9 Å². The van der Waals surface area contributed by atoms with Crippen molar-refractivity contribution in [1.82, 2.24) is 10.3 Å². The Morgan fingerprint density at radius 3 is 2.39 bits per heavy atom. The van der Waals surface area contributed by atoms with E-state index in [4.69, 9.17) is 19.0 Å². The molecule has 0 saturated carbocycles. The number of carbonyl (C=O) groups excluding carboxylic acids is 1. The zero-order valence-electron chi connectivity index (χ0n) is 23.5. The van der Waals surface area contributed by atoms with Crippen LogP contribution in [0.1, 0.15) is 42.8 Å². The first-order chi connectivity index (χ1) is 19.8. The number of nitrogens with one attached hydrogen (secondary N) is 2. The molecule has 0 radical (unpaired) electrons. The van der Waals surface area contributed by atoms with Crippen LogP contribution >= 0.6 is 0 Å². The van der Waals surface area contributed by atoms with E-state index in [1.807, 2.05) is 73.7 Å². The third kappa shape index (κ3) is 8.86. The molecule has 3 N–H and O–H groups in total. The Kier molecular flexibility index (Phi) is 9.99. The highest BCUT2D eigenvalue weighted by Gasteiger charge is 2.13. The topological polar surface area (TPSA) is 123 Å². The summed E-state index contributed by atoms with van der Waals surface area (Å²) in [5.74, 6) is 1.01. The van der Waals surface area contributed by atoms with Crippen LogP contribution in [0.15, 0.2) is 77.2 Å². The van der Waals surface area contributed by atoms with Gasteiger partial charge in [0.25, 0.3) is 0 Å². The number of carboxylic acid groups (broad SMARTS) is 1. The Hall–Kier alpha value is -4.79. The van der Waals surface area contributed by atoms with Gasteiger partial charge in [0.05, 0.1) is 18.4 Å². The third-order valence-corrected chi connectivity index (χ3v) is 6.25. The molecule has 4 rings (SSSR count). The lowest BCUT2D eigenvalue weighted by Crippen LogP contribution is -2.26. The van der Waals surface area contributed by atoms with Crippen molar-refractivity contribution in [3.8, 4) is 17.2 Å². The second kappa shape index (κ2) is 14.0. The molecule has 0 fully saturated rings. The van der Waals surface area contributed by atoms with E-state index < -0.39 is 12.1 Å². The molecule has 0 aliphatic heterocycles. The van der Waals surface area contributed by atoms with Gasteiger partial charge < -0.3 is 29.6 Å². The van der Waals surface area contributed by atoms with Gasteiger partial charge in [-0.25, -0.2) is 9.78 Å². The molecule has 9 nitrogen and oxygen atoms in total. The smallest absolute Gasteiger partial charge is 0.407 e. The molecule has 41 heavy (non-hydrogen) atoms. The Morgan fingerprint density at radius 2 is 1.68 bits per heavy atom. The molecular weight excluding hydrogens is 522 g/mol. The monoisotopic (exact) mass is 557 g/mol. The number of carbonyl (C=O) groups is 2. The third-order valence-electron chi connectivity index (χ3n) is 6.25. The summed E-state index contributed by atoms with van der Waals surface area (Å²) in [6, 6.07) is 23.3. The number of aliphatic carboxylic acids is 1. The van der Waals surface area contributed by atoms with E-state index in [0.29, 0.717) is 31.1 Å². The van der Waals surface area contributed by atoms with Crippen LogP contribution in [-0.2, 0) is 28.9 Å². The van der Waals surface area contributed by atoms with Gasteiger partial charge in [-0.2, -0.15) is 0 Å². The summed E-state index contributed by atoms with van der Waals surface area (Å²) in [7, 11) is 0. The van der Waals surface area contributed by atoms with Crippen LogP contribution in [0, 0.1) is 6.92 Å². The number of nitrogens with zero attached hydrogens (tertiary/aromatic N) is 1. The number of aromatic nitrogens is 1. The predicted octanol–water partition coefficient (Wildman–Crippen LogP) is 6.67. The lowest BCUT2D eigenvalue weighted by Gasteiger charge is -2.14. The van der Waals surface area contributed by atoms with Crippen molar-refractivity contribution in [2.45, 2.75) is 52.7 Å². The molecule has 0 aliphatic rings. The molecule has 4 aromatic rings. The van der Waals surface area contributed by atoms with Crippen molar-refractivity contribution in [2.24, 2.45) is 0 Å². The van der Waals surface area contributed by atoms with Crippen molar-refractivity contribution >= 4 is 23.4 Å². The number of oxazole rings is 1. The SMILES string of the molecule is Cc1oc(-c2ccc(Nc3ccccc3)cc2)nc1CCOc1ccc(CCC(=O)O)c(CNC(=O)OC(C)C)c1. The number of alkyl carbamates (subject to hydrolysis) is 1. The van der Waals surface area contributed by atoms with Crippen molar-refractivity contribution in [1.29, 1.82) is 0 Å². The summed E-state index contributed by atoms with van der Waals surface area (Å²) in [4.78, 5) is 27.7. The van der Waals surface area contributed by atoms with E-state index >= 15 is 0 Å². The minimum Gasteiger partial charge on any atom is -0.493 e. The largest absolute Gasteiger partial charge is 0.493 e. The first-order valence-electron chi connectivity index (χ1n) is 13.6. The molecular formula is C32H35N3O6. The Labute approximate surface area is 239 Å². The summed E-state index contributed by atoms with van der Waals surface area (Å²) in [5, 5.41) is 15.2. The van der Waals surface area contributed by atoms with Crippen molar-refractivity contribution < 1.29 is 28.6 Å². The van der Waals surface area contributed by atoms with Crippen LogP contribution in [0.5, 0.6) is 5.75 Å². The number of hydrogen-bond acceptors (Lipinski definition) is 7. The molecule has 1 amide bonds. The average Bonchev–Trinajstić information content (AvgIpc) is 3.32. The molecule has 1 aromatic heterocycles. The fourth-order valence-corrected chi connectivity index (χ4v) is 4.20. The number of ether oxygens (including phenoxy) is 2. The van der Waals surface area contributed by atoms with Gasteiger partial charge in [-0.3, -0.25) is 4.79 Å². The molecule has 214 valence electrons. The maximum Gasteiger partial charge on any atom is 0.407 e. The zero-order chi connectivity index (χ0) is 29.2. The summed E-state index contributed by atoms with van der Waals surface area (Å²) >= 11 is 0. The van der Waals surface area contributed by atoms with E-state index in [2.05, 4.69) is 15.6 Å². The molecule has 0 bridgehead atoms. The quantitative estimate of drug-likeness (QED) is 0.167. The van der Waals surface area contributed by atoms with Crippen LogP contribution in [0.2, 0.25) is 0 Å². The lowest BCUT2D eigenvalue weighted by molar-refractivity contribution is -0.136. The number of carboxylic acids is 1. The molecule has 3 aromatic carbocycles. The highest BCUT2D eigenvalue weighted by molar-refractivity contribution is 5.68. The highest BCUT2D eigenvalue weighted by Crippen LogP contribution is 2.26. The van der Waals surface area contributed by atoms with Gasteiger partial charge >= 0.3 is 12.1 Å². The first-order valence-corrected chi connectivity index (χ1v) is 13.6. The minimum atomic E-state index is -0.884. The zero-order valence-corrected chi connectivity index (χ0v) is 23.5. The molecule has 0 saturated heterocycles. The van der Waals surface area contributed by atoms with Gasteiger partial charge in [0.1, 0.15) is 11.5 Å². The second-order valence-corrected chi connectivity index (χ2v) is 9.82. The summed E-state index contributed by atoms with van der Waals surface area (Å²) in [6.07, 6.45) is 0.0974. The maximum atomic E-state index is 12.0. The van der Waals surface area contributed by atoms with Gasteiger partial charge in [0, 0.05) is 36.3 Å². The number of aryl methyl sites for hydroxylation is 2. The lowest BCUT2D eigenvalue weighted by atomic mass is 10.0. The molecule has 9 heteroatoms. The number of hydrogen-bond donors (Lipinski definition) is 3. The van der Waals surface area contributed by atoms with Crippen molar-refractivity contribution in [3.05, 3.63) is 95.4 Å². The standard InChI is InChI=1S/C32H35N3O6/c1-21(2)40-32(38)33-20-25-19-28(15-11-23(25)12-16-30(36)37)39-18-17-29-22(3)41-31(35-29)24-9-13-27(14-10-24)34-26-7-5-4-6-8-26/h4-11,13-15,19,21,34H,12,16-18,20H2,1-3H3,(H,33,38)(H,36,37). The minimum absolute atomic E-state index is 0.0102. The molecule has 0 unspecified atom stereocenters. The van der Waals surface area contributed by atoms with Gasteiger partial charge in [-0.05, 0) is 86.8 Å². The van der Waals surface area contributed by atoms with Crippen molar-refractivity contribution in [3.63, 3.8) is 0 Å². The van der Waals surface area contributed by atoms with Crippen molar-refractivity contribution in [2.75, 3.05) is 11.9 Å². The first kappa shape index (κ1) is 29.2. The Morgan fingerprint density at radius 1 is 0.951 bits per heavy atom. The van der Waals surface area contributed by atoms with Crippen LogP contribution in [0.4, 0.5) is 16.2 Å². The summed E-state index contributed by atoms with van der Waals surface area (Å²) in [6.45, 7) is 5.99. The molecule has 1 heterocycles. The van der Waals surface area contributed by atoms with E-state index in [9.17, 15) is 9.59 Å². The molecule has 0 atom stereocenters. The normalized spacial score (nSPS) is 10.8. The summed E-state index contributed by atoms with van der Waals surface area (Å²) in [5.41, 5.74) is 5.27. The Bertz CT molecular complexity index is 1450. The highest BCUT2D eigenvalue weighted by atomic mass is 16.6. The van der Waals surface area contributed by atoms with Crippen LogP contribution in [0.3, 0.4) is 0 Å². The number of benzene rings is 3. The van der Waals surface area contributed by atoms with Gasteiger partial charge in [-0.1, -0.05) is 24.3 Å². The van der Waals surface area contributed by atoms with Crippen LogP contribution < -0.4 is 15.4 Å². The second-order valence-electron chi connectivity index (χ2n) is 9.82. The van der Waals surface area contributed by atoms with Gasteiger partial charge in [-0.15, -0.1) is 0 Å². The van der Waals surface area contributed by atoms with Gasteiger partial charge in [0.2, 0.25) is 5.89 Å². The average molecular weight is 558 g/mol. The number of anilines is 2. The number of para-hydroxylation sites is 1. The summed E-state index contributed by atoms with van der Waals surface area (Å²) < 4.78 is 17.1. The van der Waals surface area contributed by atoms with E-state index in [1.165, 1.54) is 0 Å². The Balaban J connectivity index is 1.36.